The second-order valence-corrected chi connectivity index (χ2v) is 7.52. The molecule has 2 unspecified atom stereocenters. The number of morpholine rings is 1. The number of allylic oxidation sites excluding steroid dienone is 1. The Labute approximate surface area is 173 Å². The minimum absolute atomic E-state index is 0.0510. The normalized spacial score (nSPS) is 20.6. The smallest absolute Gasteiger partial charge is 0.226 e. The highest BCUT2D eigenvalue weighted by atomic mass is 35.5. The van der Waals surface area contributed by atoms with Gasteiger partial charge in [-0.2, -0.15) is 0 Å². The molecule has 0 saturated carbocycles. The standard InChI is InChI=1S/C20H22ClN7O/c1-12-9-27(11-18(29-12)15(7-22)13(2)23)20-24-6-5-16(26-20)17-8-25-19-4-3-14(21)10-28(17)19/h3-8,10,12,18,22H,9,11,23H2,1-2H3. The lowest BCUT2D eigenvalue weighted by Crippen LogP contribution is -2.48. The summed E-state index contributed by atoms with van der Waals surface area (Å²) >= 11 is 6.15. The Morgan fingerprint density at radius 1 is 1.31 bits per heavy atom. The molecular weight excluding hydrogens is 390 g/mol. The van der Waals surface area contributed by atoms with Crippen molar-refractivity contribution in [3.8, 4) is 11.4 Å². The maximum atomic E-state index is 7.67. The Morgan fingerprint density at radius 3 is 2.90 bits per heavy atom. The Morgan fingerprint density at radius 2 is 2.14 bits per heavy atom. The van der Waals surface area contributed by atoms with Crippen LogP contribution in [0.2, 0.25) is 5.02 Å². The van der Waals surface area contributed by atoms with Gasteiger partial charge in [0.05, 0.1) is 35.3 Å². The molecule has 4 rings (SSSR count). The minimum atomic E-state index is -0.303. The van der Waals surface area contributed by atoms with E-state index in [0.29, 0.717) is 35.3 Å². The molecule has 0 spiro atoms. The van der Waals surface area contributed by atoms with Crippen LogP contribution in [-0.4, -0.2) is 50.9 Å². The van der Waals surface area contributed by atoms with Crippen molar-refractivity contribution in [1.82, 2.24) is 19.4 Å². The van der Waals surface area contributed by atoms with E-state index in [1.165, 1.54) is 6.21 Å². The lowest BCUT2D eigenvalue weighted by Gasteiger charge is -2.37. The highest BCUT2D eigenvalue weighted by Gasteiger charge is 2.29. The van der Waals surface area contributed by atoms with Crippen molar-refractivity contribution in [1.29, 1.82) is 5.41 Å². The number of nitrogens with zero attached hydrogens (tertiary/aromatic N) is 5. The molecule has 2 atom stereocenters. The van der Waals surface area contributed by atoms with Crippen LogP contribution in [0.5, 0.6) is 0 Å². The van der Waals surface area contributed by atoms with Gasteiger partial charge < -0.3 is 20.8 Å². The molecule has 0 aliphatic carbocycles. The maximum Gasteiger partial charge on any atom is 0.226 e. The van der Waals surface area contributed by atoms with Gasteiger partial charge in [-0.05, 0) is 32.0 Å². The van der Waals surface area contributed by atoms with E-state index in [-0.39, 0.29) is 12.2 Å². The summed E-state index contributed by atoms with van der Waals surface area (Å²) in [5.74, 6) is 0.596. The van der Waals surface area contributed by atoms with Crippen LogP contribution in [0, 0.1) is 5.41 Å². The first kappa shape index (κ1) is 19.4. The maximum absolute atomic E-state index is 7.67. The van der Waals surface area contributed by atoms with Crippen LogP contribution in [0.3, 0.4) is 0 Å². The van der Waals surface area contributed by atoms with E-state index in [0.717, 1.165) is 17.0 Å². The molecule has 9 heteroatoms. The van der Waals surface area contributed by atoms with Gasteiger partial charge in [-0.25, -0.2) is 15.0 Å². The van der Waals surface area contributed by atoms with Crippen molar-refractivity contribution in [2.45, 2.75) is 26.1 Å². The number of imidazole rings is 1. The van der Waals surface area contributed by atoms with Gasteiger partial charge in [-0.1, -0.05) is 11.6 Å². The highest BCUT2D eigenvalue weighted by molar-refractivity contribution is 6.30. The Balaban J connectivity index is 1.68. The third-order valence-electron chi connectivity index (χ3n) is 4.88. The molecule has 3 N–H and O–H groups in total. The van der Waals surface area contributed by atoms with Crippen molar-refractivity contribution >= 4 is 29.4 Å². The van der Waals surface area contributed by atoms with E-state index >= 15 is 0 Å². The van der Waals surface area contributed by atoms with Gasteiger partial charge in [-0.3, -0.25) is 4.40 Å². The zero-order chi connectivity index (χ0) is 20.5. The van der Waals surface area contributed by atoms with Crippen molar-refractivity contribution in [2.75, 3.05) is 18.0 Å². The first-order chi connectivity index (χ1) is 14.0. The number of anilines is 1. The number of nitrogens with one attached hydrogen (secondary N) is 1. The second kappa shape index (κ2) is 7.81. The van der Waals surface area contributed by atoms with E-state index in [9.17, 15) is 0 Å². The molecule has 29 heavy (non-hydrogen) atoms. The predicted molar refractivity (Wildman–Crippen MR) is 113 cm³/mol. The molecule has 0 bridgehead atoms. The van der Waals surface area contributed by atoms with E-state index < -0.39 is 0 Å². The van der Waals surface area contributed by atoms with Crippen LogP contribution in [0.4, 0.5) is 5.95 Å². The monoisotopic (exact) mass is 411 g/mol. The Hall–Kier alpha value is -2.97. The zero-order valence-corrected chi connectivity index (χ0v) is 17.0. The molecule has 8 nitrogen and oxygen atoms in total. The number of hydrogen-bond acceptors (Lipinski definition) is 7. The van der Waals surface area contributed by atoms with Crippen LogP contribution in [0.15, 0.2) is 48.1 Å². The zero-order valence-electron chi connectivity index (χ0n) is 16.2. The number of ether oxygens (including phenoxy) is 1. The average Bonchev–Trinajstić information content (AvgIpc) is 3.11. The molecule has 4 heterocycles. The van der Waals surface area contributed by atoms with Gasteiger partial charge in [-0.15, -0.1) is 0 Å². The van der Waals surface area contributed by atoms with E-state index in [4.69, 9.17) is 32.5 Å². The number of halogens is 1. The average molecular weight is 412 g/mol. The lowest BCUT2D eigenvalue weighted by molar-refractivity contribution is 0.00626. The summed E-state index contributed by atoms with van der Waals surface area (Å²) < 4.78 is 7.92. The molecule has 1 fully saturated rings. The molecule has 0 aromatic carbocycles. The summed E-state index contributed by atoms with van der Waals surface area (Å²) in [7, 11) is 0. The topological polar surface area (TPSA) is 105 Å². The van der Waals surface area contributed by atoms with Crippen LogP contribution in [0.25, 0.3) is 17.0 Å². The van der Waals surface area contributed by atoms with Gasteiger partial charge >= 0.3 is 0 Å². The van der Waals surface area contributed by atoms with Crippen molar-refractivity contribution in [2.24, 2.45) is 5.73 Å². The van der Waals surface area contributed by atoms with Crippen LogP contribution >= 0.6 is 11.6 Å². The number of nitrogens with two attached hydrogens (primary N) is 1. The molecule has 1 aliphatic rings. The minimum Gasteiger partial charge on any atom is -0.402 e. The van der Waals surface area contributed by atoms with Gasteiger partial charge in [0.25, 0.3) is 0 Å². The first-order valence-electron chi connectivity index (χ1n) is 9.29. The summed E-state index contributed by atoms with van der Waals surface area (Å²) in [5, 5.41) is 8.30. The molecule has 1 saturated heterocycles. The number of aromatic nitrogens is 4. The number of rotatable bonds is 4. The van der Waals surface area contributed by atoms with Gasteiger partial charge in [0.15, 0.2) is 0 Å². The molecule has 150 valence electrons. The number of hydrogen-bond donors (Lipinski definition) is 2. The fraction of sp³-hybridized carbons (Fsp3) is 0.300. The van der Waals surface area contributed by atoms with Crippen molar-refractivity contribution in [3.05, 3.63) is 53.1 Å². The fourth-order valence-corrected chi connectivity index (χ4v) is 3.70. The summed E-state index contributed by atoms with van der Waals surface area (Å²) in [4.78, 5) is 15.7. The van der Waals surface area contributed by atoms with Crippen molar-refractivity contribution in [3.63, 3.8) is 0 Å². The third kappa shape index (κ3) is 3.81. The molecule has 1 aliphatic heterocycles. The summed E-state index contributed by atoms with van der Waals surface area (Å²) in [5.41, 5.74) is 9.57. The number of fused-ring (bicyclic) bond motifs is 1. The second-order valence-electron chi connectivity index (χ2n) is 7.08. The van der Waals surface area contributed by atoms with Crippen LogP contribution in [0.1, 0.15) is 13.8 Å². The largest absolute Gasteiger partial charge is 0.402 e. The predicted octanol–water partition coefficient (Wildman–Crippen LogP) is 2.92. The van der Waals surface area contributed by atoms with Gasteiger partial charge in [0.2, 0.25) is 5.95 Å². The summed E-state index contributed by atoms with van der Waals surface area (Å²) in [6.45, 7) is 4.93. The molecule has 3 aromatic heterocycles. The molecule has 0 radical (unpaired) electrons. The highest BCUT2D eigenvalue weighted by Crippen LogP contribution is 2.25. The quantitative estimate of drug-likeness (QED) is 0.639. The number of pyridine rings is 1. The fourth-order valence-electron chi connectivity index (χ4n) is 3.53. The molecule has 3 aromatic rings. The SMILES string of the molecule is CC(N)=C(C=N)C1CN(c2nccc(-c3cnc4ccc(Cl)cn34)n2)CC(C)O1. The van der Waals surface area contributed by atoms with Crippen LogP contribution < -0.4 is 10.6 Å². The van der Waals surface area contributed by atoms with E-state index in [1.54, 1.807) is 19.3 Å². The van der Waals surface area contributed by atoms with E-state index in [2.05, 4.69) is 14.9 Å². The third-order valence-corrected chi connectivity index (χ3v) is 5.10. The van der Waals surface area contributed by atoms with Gasteiger partial charge in [0, 0.05) is 36.4 Å². The molecule has 0 amide bonds. The Bertz CT molecular complexity index is 1090. The summed E-state index contributed by atoms with van der Waals surface area (Å²) in [6.07, 6.45) is 6.23. The van der Waals surface area contributed by atoms with E-state index in [1.807, 2.05) is 35.7 Å². The summed E-state index contributed by atoms with van der Waals surface area (Å²) in [6, 6.07) is 5.52. The Kier molecular flexibility index (Phi) is 5.21. The molecular formula is C20H22ClN7O. The van der Waals surface area contributed by atoms with Crippen molar-refractivity contribution < 1.29 is 4.74 Å². The lowest BCUT2D eigenvalue weighted by atomic mass is 10.1. The van der Waals surface area contributed by atoms with Crippen LogP contribution in [-0.2, 0) is 4.74 Å². The van der Waals surface area contributed by atoms with Gasteiger partial charge in [0.1, 0.15) is 11.8 Å². The first-order valence-corrected chi connectivity index (χ1v) is 9.67.